The third-order valence-corrected chi connectivity index (χ3v) is 4.54. The number of hydrogen-bond donors (Lipinski definition) is 1. The molecule has 4 heteroatoms. The minimum absolute atomic E-state index is 0.0184. The Morgan fingerprint density at radius 2 is 2.11 bits per heavy atom. The molecule has 19 heavy (non-hydrogen) atoms. The van der Waals surface area contributed by atoms with Gasteiger partial charge in [0.15, 0.2) is 0 Å². The van der Waals surface area contributed by atoms with Crippen LogP contribution in [0.25, 0.3) is 0 Å². The summed E-state index contributed by atoms with van der Waals surface area (Å²) < 4.78 is 11.0. The fourth-order valence-corrected chi connectivity index (χ4v) is 3.39. The molecule has 2 saturated carbocycles. The molecule has 0 aromatic carbocycles. The minimum atomic E-state index is 0.0184. The van der Waals surface area contributed by atoms with Crippen molar-refractivity contribution in [2.75, 3.05) is 13.7 Å². The maximum absolute atomic E-state index is 12.3. The third kappa shape index (κ3) is 3.48. The van der Waals surface area contributed by atoms with Crippen molar-refractivity contribution in [1.82, 2.24) is 5.32 Å². The monoisotopic (exact) mass is 269 g/mol. The summed E-state index contributed by atoms with van der Waals surface area (Å²) in [5.41, 5.74) is 0. The van der Waals surface area contributed by atoms with E-state index in [1.807, 2.05) is 6.92 Å². The summed E-state index contributed by atoms with van der Waals surface area (Å²) in [5.74, 6) is 1.10. The largest absolute Gasteiger partial charge is 0.377 e. The molecule has 2 aliphatic rings. The third-order valence-electron chi connectivity index (χ3n) is 4.54. The van der Waals surface area contributed by atoms with E-state index in [1.54, 1.807) is 7.11 Å². The number of amides is 1. The van der Waals surface area contributed by atoms with Crippen LogP contribution in [0, 0.1) is 11.8 Å². The molecule has 110 valence electrons. The van der Waals surface area contributed by atoms with Crippen molar-refractivity contribution in [3.8, 4) is 0 Å². The second-order valence-corrected chi connectivity index (χ2v) is 6.01. The molecule has 1 amide bonds. The zero-order valence-electron chi connectivity index (χ0n) is 12.4. The maximum Gasteiger partial charge on any atom is 0.223 e. The first-order chi connectivity index (χ1) is 9.15. The van der Waals surface area contributed by atoms with Crippen molar-refractivity contribution in [2.24, 2.45) is 11.8 Å². The average Bonchev–Trinajstić information content (AvgIpc) is 2.37. The van der Waals surface area contributed by atoms with Crippen molar-refractivity contribution < 1.29 is 14.3 Å². The second-order valence-electron chi connectivity index (χ2n) is 6.01. The number of ether oxygens (including phenoxy) is 2. The molecule has 0 aromatic heterocycles. The molecule has 4 nitrogen and oxygen atoms in total. The zero-order valence-corrected chi connectivity index (χ0v) is 12.4. The van der Waals surface area contributed by atoms with E-state index in [9.17, 15) is 4.79 Å². The van der Waals surface area contributed by atoms with Gasteiger partial charge in [-0.25, -0.2) is 0 Å². The Hall–Kier alpha value is -0.610. The summed E-state index contributed by atoms with van der Waals surface area (Å²) in [7, 11) is 1.69. The number of carbonyl (C=O) groups excluding carboxylic acids is 1. The molecule has 1 N–H and O–H groups in total. The molecule has 0 heterocycles. The highest BCUT2D eigenvalue weighted by Gasteiger charge is 2.43. The van der Waals surface area contributed by atoms with Crippen molar-refractivity contribution >= 4 is 5.91 Å². The van der Waals surface area contributed by atoms with Gasteiger partial charge < -0.3 is 14.8 Å². The van der Waals surface area contributed by atoms with E-state index in [0.29, 0.717) is 12.5 Å². The number of hydrogen-bond acceptors (Lipinski definition) is 3. The summed E-state index contributed by atoms with van der Waals surface area (Å²) >= 11 is 0. The van der Waals surface area contributed by atoms with Gasteiger partial charge in [-0.2, -0.15) is 0 Å². The number of rotatable bonds is 5. The lowest BCUT2D eigenvalue weighted by molar-refractivity contribution is -0.146. The van der Waals surface area contributed by atoms with Crippen LogP contribution in [-0.4, -0.2) is 37.9 Å². The molecule has 2 rings (SSSR count). The van der Waals surface area contributed by atoms with E-state index in [4.69, 9.17) is 9.47 Å². The molecule has 0 spiro atoms. The second kappa shape index (κ2) is 6.71. The number of methoxy groups -OCH3 is 1. The predicted octanol–water partition coefficient (Wildman–Crippen LogP) is 2.12. The van der Waals surface area contributed by atoms with Crippen molar-refractivity contribution in [3.05, 3.63) is 0 Å². The lowest BCUT2D eigenvalue weighted by Gasteiger charge is -2.44. The van der Waals surface area contributed by atoms with Gasteiger partial charge in [-0.1, -0.05) is 19.8 Å². The van der Waals surface area contributed by atoms with E-state index in [2.05, 4.69) is 12.2 Å². The zero-order chi connectivity index (χ0) is 13.8. The minimum Gasteiger partial charge on any atom is -0.377 e. The van der Waals surface area contributed by atoms with Crippen LogP contribution in [0.4, 0.5) is 0 Å². The molecule has 2 fully saturated rings. The Kier molecular flexibility index (Phi) is 5.22. The van der Waals surface area contributed by atoms with Crippen molar-refractivity contribution in [2.45, 2.75) is 64.2 Å². The molecule has 0 aliphatic heterocycles. The Morgan fingerprint density at radius 1 is 1.32 bits per heavy atom. The van der Waals surface area contributed by atoms with Crippen LogP contribution >= 0.6 is 0 Å². The quantitative estimate of drug-likeness (QED) is 0.831. The van der Waals surface area contributed by atoms with Crippen LogP contribution in [0.2, 0.25) is 0 Å². The van der Waals surface area contributed by atoms with E-state index in [0.717, 1.165) is 19.3 Å². The van der Waals surface area contributed by atoms with Crippen LogP contribution < -0.4 is 5.32 Å². The van der Waals surface area contributed by atoms with Gasteiger partial charge in [-0.05, 0) is 32.1 Å². The lowest BCUT2D eigenvalue weighted by Crippen LogP contribution is -2.61. The van der Waals surface area contributed by atoms with Crippen molar-refractivity contribution in [1.29, 1.82) is 0 Å². The van der Waals surface area contributed by atoms with Crippen molar-refractivity contribution in [3.63, 3.8) is 0 Å². The molecule has 5 atom stereocenters. The normalized spacial score (nSPS) is 38.6. The SMILES string of the molecule is CCOC1CC(NC(=O)C2CCCC(C)C2)C1OC. The first-order valence-electron chi connectivity index (χ1n) is 7.60. The summed E-state index contributed by atoms with van der Waals surface area (Å²) in [6.07, 6.45) is 5.55. The molecule has 0 aromatic rings. The van der Waals surface area contributed by atoms with Gasteiger partial charge in [0.05, 0.1) is 12.1 Å². The van der Waals surface area contributed by atoms with Gasteiger partial charge in [0, 0.05) is 19.6 Å². The molecule has 0 saturated heterocycles. The first kappa shape index (κ1) is 14.8. The van der Waals surface area contributed by atoms with E-state index < -0.39 is 0 Å². The van der Waals surface area contributed by atoms with Gasteiger partial charge in [0.2, 0.25) is 5.91 Å². The maximum atomic E-state index is 12.3. The topological polar surface area (TPSA) is 47.6 Å². The highest BCUT2D eigenvalue weighted by Crippen LogP contribution is 2.31. The summed E-state index contributed by atoms with van der Waals surface area (Å²) in [6, 6.07) is 0.131. The van der Waals surface area contributed by atoms with Gasteiger partial charge in [-0.3, -0.25) is 4.79 Å². The van der Waals surface area contributed by atoms with E-state index in [-0.39, 0.29) is 30.1 Å². The smallest absolute Gasteiger partial charge is 0.223 e. The molecule has 0 radical (unpaired) electrons. The summed E-state index contributed by atoms with van der Waals surface area (Å²) in [6.45, 7) is 4.93. The van der Waals surface area contributed by atoms with Crippen LogP contribution in [0.3, 0.4) is 0 Å². The standard InChI is InChI=1S/C15H27NO3/c1-4-19-13-9-12(14(13)18-3)16-15(17)11-7-5-6-10(2)8-11/h10-14H,4-9H2,1-3H3,(H,16,17). The van der Waals surface area contributed by atoms with E-state index in [1.165, 1.54) is 12.8 Å². The molecular weight excluding hydrogens is 242 g/mol. The van der Waals surface area contributed by atoms with Gasteiger partial charge in [0.25, 0.3) is 0 Å². The van der Waals surface area contributed by atoms with Crippen LogP contribution in [0.15, 0.2) is 0 Å². The predicted molar refractivity (Wildman–Crippen MR) is 73.9 cm³/mol. The van der Waals surface area contributed by atoms with Crippen LogP contribution in [0.5, 0.6) is 0 Å². The fourth-order valence-electron chi connectivity index (χ4n) is 3.39. The Morgan fingerprint density at radius 3 is 2.74 bits per heavy atom. The molecular formula is C15H27NO3. The van der Waals surface area contributed by atoms with Crippen LogP contribution in [0.1, 0.15) is 46.0 Å². The number of carbonyl (C=O) groups is 1. The Balaban J connectivity index is 1.79. The summed E-state index contributed by atoms with van der Waals surface area (Å²) in [4.78, 5) is 12.3. The van der Waals surface area contributed by atoms with Gasteiger partial charge in [-0.15, -0.1) is 0 Å². The lowest BCUT2D eigenvalue weighted by atomic mass is 9.80. The summed E-state index contributed by atoms with van der Waals surface area (Å²) in [5, 5.41) is 3.15. The highest BCUT2D eigenvalue weighted by atomic mass is 16.5. The fraction of sp³-hybridized carbons (Fsp3) is 0.933. The number of nitrogens with one attached hydrogen (secondary N) is 1. The average molecular weight is 269 g/mol. The highest BCUT2D eigenvalue weighted by molar-refractivity contribution is 5.79. The molecule has 5 unspecified atom stereocenters. The Labute approximate surface area is 116 Å². The van der Waals surface area contributed by atoms with E-state index >= 15 is 0 Å². The molecule has 2 aliphatic carbocycles. The van der Waals surface area contributed by atoms with Gasteiger partial charge >= 0.3 is 0 Å². The molecule has 0 bridgehead atoms. The first-order valence-corrected chi connectivity index (χ1v) is 7.60. The van der Waals surface area contributed by atoms with Gasteiger partial charge in [0.1, 0.15) is 6.10 Å². The van der Waals surface area contributed by atoms with Crippen LogP contribution in [-0.2, 0) is 14.3 Å². The Bertz CT molecular complexity index is 308.